The van der Waals surface area contributed by atoms with Crippen molar-refractivity contribution in [2.75, 3.05) is 4.90 Å². The Bertz CT molecular complexity index is 2930. The summed E-state index contributed by atoms with van der Waals surface area (Å²) in [4.78, 5) is 2.55. The molecule has 244 valence electrons. The molecule has 2 heterocycles. The maximum atomic E-state index is 2.55. The Balaban J connectivity index is 1.19. The number of hydrogen-bond donors (Lipinski definition) is 0. The molecular formula is C50H34N2. The van der Waals surface area contributed by atoms with Crippen LogP contribution in [0.5, 0.6) is 0 Å². The summed E-state index contributed by atoms with van der Waals surface area (Å²) >= 11 is 0. The zero-order valence-electron chi connectivity index (χ0n) is 28.6. The fourth-order valence-electron chi connectivity index (χ4n) is 9.14. The average molecular weight is 663 g/mol. The molecule has 2 heteroatoms. The van der Waals surface area contributed by atoms with Crippen molar-refractivity contribution in [1.82, 2.24) is 4.57 Å². The second kappa shape index (κ2) is 11.4. The van der Waals surface area contributed by atoms with E-state index in [1.54, 1.807) is 0 Å². The topological polar surface area (TPSA) is 8.17 Å². The van der Waals surface area contributed by atoms with Crippen LogP contribution in [0.1, 0.15) is 17.9 Å². The summed E-state index contributed by atoms with van der Waals surface area (Å²) in [6, 6.07) is 62.4. The van der Waals surface area contributed by atoms with Gasteiger partial charge in [0.2, 0.25) is 0 Å². The van der Waals surface area contributed by atoms with Gasteiger partial charge in [0.05, 0.1) is 22.4 Å². The highest BCUT2D eigenvalue weighted by atomic mass is 15.2. The zero-order chi connectivity index (χ0) is 34.2. The zero-order valence-corrected chi connectivity index (χ0v) is 28.6. The first-order chi connectivity index (χ1) is 25.8. The van der Waals surface area contributed by atoms with Gasteiger partial charge in [0.15, 0.2) is 0 Å². The van der Waals surface area contributed by atoms with Gasteiger partial charge >= 0.3 is 0 Å². The van der Waals surface area contributed by atoms with Gasteiger partial charge in [0, 0.05) is 33.5 Å². The highest BCUT2D eigenvalue weighted by molar-refractivity contribution is 6.24. The number of fused-ring (bicyclic) bond motifs is 9. The lowest BCUT2D eigenvalue weighted by Crippen LogP contribution is -2.15. The van der Waals surface area contributed by atoms with E-state index in [-0.39, 0.29) is 5.92 Å². The molecule has 0 saturated heterocycles. The van der Waals surface area contributed by atoms with E-state index in [1.807, 2.05) is 0 Å². The first-order valence-electron chi connectivity index (χ1n) is 18.2. The lowest BCUT2D eigenvalue weighted by Gasteiger charge is -2.26. The molecule has 0 bridgehead atoms. The van der Waals surface area contributed by atoms with Crippen LogP contribution in [-0.2, 0) is 0 Å². The van der Waals surface area contributed by atoms with E-state index in [2.05, 4.69) is 198 Å². The van der Waals surface area contributed by atoms with Crippen LogP contribution in [0.4, 0.5) is 11.4 Å². The molecule has 0 spiro atoms. The van der Waals surface area contributed by atoms with Gasteiger partial charge in [0.25, 0.3) is 0 Å². The van der Waals surface area contributed by atoms with Crippen LogP contribution in [-0.4, -0.2) is 4.57 Å². The number of anilines is 2. The van der Waals surface area contributed by atoms with Crippen molar-refractivity contribution >= 4 is 54.7 Å². The summed E-state index contributed by atoms with van der Waals surface area (Å²) in [6.45, 7) is 0. The van der Waals surface area contributed by atoms with Crippen molar-refractivity contribution in [3.05, 3.63) is 199 Å². The second-order valence-corrected chi connectivity index (χ2v) is 14.0. The number of aromatic nitrogens is 1. The minimum absolute atomic E-state index is 0.248. The third-order valence-electron chi connectivity index (χ3n) is 11.3. The largest absolute Gasteiger partial charge is 0.313 e. The predicted molar refractivity (Wildman–Crippen MR) is 220 cm³/mol. The molecule has 0 fully saturated rings. The molecule has 8 aromatic carbocycles. The summed E-state index contributed by atoms with van der Waals surface area (Å²) in [7, 11) is 0. The Morgan fingerprint density at radius 1 is 0.462 bits per heavy atom. The third kappa shape index (κ3) is 4.18. The van der Waals surface area contributed by atoms with Crippen molar-refractivity contribution in [2.24, 2.45) is 0 Å². The van der Waals surface area contributed by atoms with Crippen LogP contribution in [0.2, 0.25) is 0 Å². The fraction of sp³-hybridized carbons (Fsp3) is 0.0400. The predicted octanol–water partition coefficient (Wildman–Crippen LogP) is 13.5. The number of allylic oxidation sites excluding steroid dienone is 4. The Labute approximate surface area is 302 Å². The molecule has 11 rings (SSSR count). The van der Waals surface area contributed by atoms with Gasteiger partial charge in [-0.15, -0.1) is 0 Å². The van der Waals surface area contributed by atoms with Crippen molar-refractivity contribution in [1.29, 1.82) is 0 Å². The number of rotatable bonds is 4. The Kier molecular flexibility index (Phi) is 6.41. The molecule has 0 N–H and O–H groups in total. The maximum absolute atomic E-state index is 2.55. The van der Waals surface area contributed by atoms with Gasteiger partial charge in [-0.05, 0) is 92.9 Å². The minimum Gasteiger partial charge on any atom is -0.313 e. The first kappa shape index (κ1) is 29.1. The second-order valence-electron chi connectivity index (χ2n) is 14.0. The van der Waals surface area contributed by atoms with Crippen LogP contribution >= 0.6 is 0 Å². The summed E-state index contributed by atoms with van der Waals surface area (Å²) in [6.07, 6.45) is 7.89. The Morgan fingerprint density at radius 3 is 1.96 bits per heavy atom. The maximum Gasteiger partial charge on any atom is 0.0553 e. The van der Waals surface area contributed by atoms with Crippen LogP contribution in [0.25, 0.3) is 71.3 Å². The van der Waals surface area contributed by atoms with Gasteiger partial charge in [-0.2, -0.15) is 0 Å². The van der Waals surface area contributed by atoms with E-state index in [0.717, 1.165) is 6.42 Å². The molecule has 1 atom stereocenters. The Morgan fingerprint density at radius 2 is 1.10 bits per heavy atom. The van der Waals surface area contributed by atoms with Crippen molar-refractivity contribution in [3.8, 4) is 27.9 Å². The van der Waals surface area contributed by atoms with Gasteiger partial charge in [-0.25, -0.2) is 0 Å². The normalized spacial score (nSPS) is 15.0. The summed E-state index contributed by atoms with van der Waals surface area (Å²) in [5.41, 5.74) is 13.9. The van der Waals surface area contributed by atoms with Crippen LogP contribution in [0.3, 0.4) is 0 Å². The molecule has 0 radical (unpaired) electrons. The van der Waals surface area contributed by atoms with Crippen LogP contribution in [0, 0.1) is 0 Å². The van der Waals surface area contributed by atoms with E-state index < -0.39 is 0 Å². The molecule has 52 heavy (non-hydrogen) atoms. The molecule has 1 aliphatic heterocycles. The van der Waals surface area contributed by atoms with Crippen molar-refractivity contribution < 1.29 is 0 Å². The standard InChI is InChI=1S/C50H34N2/c1-3-16-33(17-4-1)35-24-13-26-38-36(35)25-14-30-44(38)52-46-29-12-10-23-42(46)49-40(27-15-31-47(49)52)43-32-48-50(39-21-8-7-20-37(39)43)41-22-9-11-28-45(41)51(48)34-18-5-2-6-19-34/h1-22,24-32,42H,23H2. The highest BCUT2D eigenvalue weighted by Crippen LogP contribution is 2.56. The molecule has 1 aromatic heterocycles. The lowest BCUT2D eigenvalue weighted by molar-refractivity contribution is 0.821. The minimum atomic E-state index is 0.248. The van der Waals surface area contributed by atoms with E-state index in [0.29, 0.717) is 0 Å². The van der Waals surface area contributed by atoms with Crippen LogP contribution < -0.4 is 4.90 Å². The Hall–Kier alpha value is -6.64. The summed E-state index contributed by atoms with van der Waals surface area (Å²) < 4.78 is 2.45. The van der Waals surface area contributed by atoms with Crippen molar-refractivity contribution in [2.45, 2.75) is 12.3 Å². The van der Waals surface area contributed by atoms with Gasteiger partial charge < -0.3 is 9.47 Å². The quantitative estimate of drug-likeness (QED) is 0.182. The number of benzene rings is 8. The van der Waals surface area contributed by atoms with Gasteiger partial charge in [-0.3, -0.25) is 0 Å². The molecule has 0 saturated carbocycles. The third-order valence-corrected chi connectivity index (χ3v) is 11.3. The molecule has 1 aliphatic carbocycles. The molecule has 0 amide bonds. The summed E-state index contributed by atoms with van der Waals surface area (Å²) in [5, 5.41) is 7.68. The smallest absolute Gasteiger partial charge is 0.0553 e. The van der Waals surface area contributed by atoms with E-state index in [9.17, 15) is 0 Å². The average Bonchev–Trinajstić information content (AvgIpc) is 3.74. The van der Waals surface area contributed by atoms with Crippen molar-refractivity contribution in [3.63, 3.8) is 0 Å². The van der Waals surface area contributed by atoms with Gasteiger partial charge in [0.1, 0.15) is 0 Å². The lowest BCUT2D eigenvalue weighted by atomic mass is 9.85. The molecule has 9 aromatic rings. The molecular weight excluding hydrogens is 629 g/mol. The SMILES string of the molecule is C1=CCC2C(=C1)N(c1cccc3c(-c4ccccc4)cccc13)c1cccc(-c3cc4c(c5ccccc35)c3ccccc3n4-c3ccccc3)c12. The summed E-state index contributed by atoms with van der Waals surface area (Å²) in [5.74, 6) is 0.248. The molecule has 2 nitrogen and oxygen atoms in total. The van der Waals surface area contributed by atoms with Gasteiger partial charge in [-0.1, -0.05) is 146 Å². The molecule has 1 unspecified atom stereocenters. The molecule has 2 aliphatic rings. The van der Waals surface area contributed by atoms with E-state index >= 15 is 0 Å². The van der Waals surface area contributed by atoms with E-state index in [4.69, 9.17) is 0 Å². The number of nitrogens with zero attached hydrogens (tertiary/aromatic N) is 2. The fourth-order valence-corrected chi connectivity index (χ4v) is 9.14. The van der Waals surface area contributed by atoms with Crippen LogP contribution in [0.15, 0.2) is 194 Å². The van der Waals surface area contributed by atoms with E-state index in [1.165, 1.54) is 93.9 Å². The monoisotopic (exact) mass is 662 g/mol. The number of para-hydroxylation sites is 2. The number of hydrogen-bond acceptors (Lipinski definition) is 1. The first-order valence-corrected chi connectivity index (χ1v) is 18.2. The highest BCUT2D eigenvalue weighted by Gasteiger charge is 2.38.